The Labute approximate surface area is 462 Å². The van der Waals surface area contributed by atoms with Crippen LogP contribution in [0.25, 0.3) is 10.9 Å². The van der Waals surface area contributed by atoms with Crippen LogP contribution < -0.4 is 70.4 Å². The van der Waals surface area contributed by atoms with E-state index in [-0.39, 0.29) is 95.9 Å². The van der Waals surface area contributed by atoms with Gasteiger partial charge in [0.2, 0.25) is 53.2 Å². The minimum absolute atomic E-state index is 0.00295. The number of rotatable bonds is 20. The van der Waals surface area contributed by atoms with Crippen LogP contribution in [0, 0.1) is 10.8 Å². The van der Waals surface area contributed by atoms with Crippen molar-refractivity contribution in [2.75, 3.05) is 26.2 Å². The number of hydrogen-bond donors (Lipinski definition) is 16. The van der Waals surface area contributed by atoms with Gasteiger partial charge >= 0.3 is 0 Å². The van der Waals surface area contributed by atoms with Crippen molar-refractivity contribution < 1.29 is 47.9 Å². The molecule has 19 N–H and O–H groups in total. The number of benzene rings is 3. The number of aromatic nitrogens is 1. The molecule has 7 atom stereocenters. The molecule has 26 heteroatoms. The van der Waals surface area contributed by atoms with Crippen molar-refractivity contribution in [2.24, 2.45) is 17.2 Å². The Hall–Kier alpha value is -9.07. The van der Waals surface area contributed by atoms with Gasteiger partial charge in [0.15, 0.2) is 11.9 Å². The topological polar surface area (TPSA) is 425 Å². The molecular weight excluding hydrogens is 1030 g/mol. The van der Waals surface area contributed by atoms with Gasteiger partial charge in [-0.1, -0.05) is 78.9 Å². The molecule has 80 heavy (non-hydrogen) atoms. The largest absolute Gasteiger partial charge is 0.374 e. The van der Waals surface area contributed by atoms with E-state index < -0.39 is 108 Å². The molecule has 26 nitrogen and oxygen atoms in total. The molecule has 4 aromatic rings. The van der Waals surface area contributed by atoms with Gasteiger partial charge in [-0.2, -0.15) is 0 Å². The van der Waals surface area contributed by atoms with Crippen molar-refractivity contribution in [3.05, 3.63) is 108 Å². The van der Waals surface area contributed by atoms with Gasteiger partial charge in [0.05, 0.1) is 19.6 Å². The molecule has 0 bridgehead atoms. The lowest BCUT2D eigenvalue weighted by Crippen LogP contribution is -2.61. The minimum Gasteiger partial charge on any atom is -0.374 e. The third-order valence-corrected chi connectivity index (χ3v) is 12.9. The van der Waals surface area contributed by atoms with Crippen LogP contribution in [0.4, 0.5) is 0 Å². The quantitative estimate of drug-likeness (QED) is 0.0266. The van der Waals surface area contributed by atoms with Crippen LogP contribution >= 0.6 is 0 Å². The van der Waals surface area contributed by atoms with Crippen LogP contribution in [0.3, 0.4) is 0 Å². The number of fused-ring (bicyclic) bond motifs is 1. The zero-order chi connectivity index (χ0) is 58.0. The third kappa shape index (κ3) is 21.0. The summed E-state index contributed by atoms with van der Waals surface area (Å²) in [6.45, 7) is 0.954. The average Bonchev–Trinajstić information content (AvgIpc) is 3.86. The molecule has 0 radical (unpaired) electrons. The first kappa shape index (κ1) is 61.8. The summed E-state index contributed by atoms with van der Waals surface area (Å²) < 4.78 is 5.98. The number of amides is 9. The summed E-state index contributed by atoms with van der Waals surface area (Å²) >= 11 is 0. The Balaban J connectivity index is 1.55. The zero-order valence-electron chi connectivity index (χ0n) is 44.6. The minimum atomic E-state index is -1.67. The standard InChI is InChI=1S/C54H74N16O10/c1-32(71)64-39(21-12-24-61-53(56)57)47(74)69-43-28-45(72)60-23-11-10-20-38(46(55)73)65-50(77)42(27-35-29-63-37-19-9-8-18-36(35)37)68-48(75)40(22-13-25-62-54(58)59)66-49(76)41(26-33-14-4-2-5-15-33)67-52(79)44(70-51(43)78)31-80-30-34-16-6-3-7-17-34/h2-9,14-19,29,38-44,63H,10-13,20-28,30-31H2,1H3,(H2,55,73)(H,60,72)(H,64,71)(H,65,77)(H,66,76)(H,67,79)(H,68,75)(H,69,74)(H,70,78)(H4,56,57,61)(H4,58,59,62)/t38-,39-,40-,41+,42-,43-,44-/m0/s1. The van der Waals surface area contributed by atoms with Crippen LogP contribution in [0.15, 0.2) is 91.1 Å². The lowest BCUT2D eigenvalue weighted by molar-refractivity contribution is -0.137. The number of guanidine groups is 2. The highest BCUT2D eigenvalue weighted by Crippen LogP contribution is 2.20. The second-order valence-electron chi connectivity index (χ2n) is 19.3. The maximum atomic E-state index is 14.8. The van der Waals surface area contributed by atoms with E-state index in [1.807, 2.05) is 24.3 Å². The third-order valence-electron chi connectivity index (χ3n) is 12.9. The molecule has 0 saturated carbocycles. The number of carbonyl (C=O) groups is 9. The molecule has 1 aromatic heterocycles. The molecular formula is C54H74N16O10. The summed E-state index contributed by atoms with van der Waals surface area (Å²) in [5, 5.41) is 42.5. The summed E-state index contributed by atoms with van der Waals surface area (Å²) in [6.07, 6.45) is 1.64. The molecule has 430 valence electrons. The maximum absolute atomic E-state index is 14.8. The van der Waals surface area contributed by atoms with Gasteiger partial charge in [-0.05, 0) is 67.7 Å². The Morgan fingerprint density at radius 1 is 0.675 bits per heavy atom. The van der Waals surface area contributed by atoms with E-state index >= 15 is 0 Å². The van der Waals surface area contributed by atoms with Crippen molar-refractivity contribution in [3.8, 4) is 0 Å². The Bertz CT molecular complexity index is 2780. The average molecular weight is 1110 g/mol. The number of para-hydroxylation sites is 1. The predicted octanol–water partition coefficient (Wildman–Crippen LogP) is -1.71. The van der Waals surface area contributed by atoms with Crippen molar-refractivity contribution >= 4 is 76.0 Å². The first-order valence-corrected chi connectivity index (χ1v) is 26.4. The molecule has 5 rings (SSSR count). The van der Waals surface area contributed by atoms with Gasteiger partial charge in [-0.3, -0.25) is 54.0 Å². The maximum Gasteiger partial charge on any atom is 0.245 e. The number of ether oxygens (including phenoxy) is 1. The van der Waals surface area contributed by atoms with Crippen LogP contribution in [0.5, 0.6) is 0 Å². The molecule has 2 heterocycles. The highest BCUT2D eigenvalue weighted by atomic mass is 16.5. The molecule has 1 aliphatic rings. The molecule has 0 unspecified atom stereocenters. The number of hydrogen-bond acceptors (Lipinski definition) is 12. The first-order valence-electron chi connectivity index (χ1n) is 26.4. The second kappa shape index (κ2) is 32.0. The van der Waals surface area contributed by atoms with E-state index in [1.165, 1.54) is 6.92 Å². The number of nitrogens with one attached hydrogen (secondary N) is 13. The van der Waals surface area contributed by atoms with Crippen LogP contribution in [-0.4, -0.2) is 139 Å². The SMILES string of the molecule is CC(=O)N[C@@H](CCCNC(=N)N)C(=O)N[C@H]1CC(=O)NCCCC[C@@H](C(N)=O)NC(=O)[C@H](Cc2c[nH]c3ccccc23)NC(=O)[C@H](CCCNC(=N)N)NC(=O)[C@@H](Cc2ccccc2)NC(=O)[C@H](COCc2ccccc2)NC1=O. The Morgan fingerprint density at radius 2 is 1.25 bits per heavy atom. The predicted molar refractivity (Wildman–Crippen MR) is 296 cm³/mol. The first-order chi connectivity index (χ1) is 38.4. The van der Waals surface area contributed by atoms with E-state index in [2.05, 4.69) is 58.2 Å². The van der Waals surface area contributed by atoms with Crippen molar-refractivity contribution in [2.45, 2.75) is 120 Å². The number of aromatic amines is 1. The molecule has 0 spiro atoms. The van der Waals surface area contributed by atoms with Gasteiger partial charge in [0.1, 0.15) is 42.3 Å². The van der Waals surface area contributed by atoms with Crippen molar-refractivity contribution in [3.63, 3.8) is 0 Å². The molecule has 0 aliphatic carbocycles. The summed E-state index contributed by atoms with van der Waals surface area (Å²) in [6, 6.07) is 14.9. The van der Waals surface area contributed by atoms with Gasteiger partial charge < -0.3 is 80.1 Å². The molecule has 1 aliphatic heterocycles. The summed E-state index contributed by atoms with van der Waals surface area (Å²) in [4.78, 5) is 129. The van der Waals surface area contributed by atoms with Crippen LogP contribution in [0.1, 0.15) is 75.0 Å². The summed E-state index contributed by atoms with van der Waals surface area (Å²) in [5.41, 5.74) is 19.5. The van der Waals surface area contributed by atoms with E-state index in [0.29, 0.717) is 16.7 Å². The zero-order valence-corrected chi connectivity index (χ0v) is 44.6. The van der Waals surface area contributed by atoms with E-state index in [9.17, 15) is 43.2 Å². The van der Waals surface area contributed by atoms with Gasteiger partial charge in [-0.15, -0.1) is 0 Å². The number of carbonyl (C=O) groups excluding carboxylic acids is 9. The fraction of sp³-hybridized carbons (Fsp3) is 0.426. The normalized spacial score (nSPS) is 20.5. The van der Waals surface area contributed by atoms with Gasteiger partial charge in [0, 0.05) is 56.5 Å². The smallest absolute Gasteiger partial charge is 0.245 e. The Kier molecular flexibility index (Phi) is 24.7. The fourth-order valence-electron chi connectivity index (χ4n) is 8.77. The van der Waals surface area contributed by atoms with Crippen molar-refractivity contribution in [1.82, 2.24) is 58.2 Å². The summed E-state index contributed by atoms with van der Waals surface area (Å²) in [7, 11) is 0. The fourth-order valence-corrected chi connectivity index (χ4v) is 8.77. The molecule has 1 saturated heterocycles. The monoisotopic (exact) mass is 1110 g/mol. The highest BCUT2D eigenvalue weighted by Gasteiger charge is 2.35. The summed E-state index contributed by atoms with van der Waals surface area (Å²) in [5.74, 6) is -8.05. The van der Waals surface area contributed by atoms with E-state index in [4.69, 9.17) is 32.8 Å². The molecule has 9 amide bonds. The van der Waals surface area contributed by atoms with E-state index in [1.54, 1.807) is 66.9 Å². The number of primary amides is 1. The number of H-pyrrole nitrogens is 1. The lowest BCUT2D eigenvalue weighted by atomic mass is 10.0. The van der Waals surface area contributed by atoms with Crippen LogP contribution in [-0.2, 0) is 67.3 Å². The molecule has 3 aromatic carbocycles. The van der Waals surface area contributed by atoms with Crippen LogP contribution in [0.2, 0.25) is 0 Å². The lowest BCUT2D eigenvalue weighted by Gasteiger charge is -2.28. The molecule has 1 fully saturated rings. The van der Waals surface area contributed by atoms with Gasteiger partial charge in [-0.25, -0.2) is 0 Å². The van der Waals surface area contributed by atoms with E-state index in [0.717, 1.165) is 10.9 Å². The Morgan fingerprint density at radius 3 is 1.91 bits per heavy atom. The second-order valence-corrected chi connectivity index (χ2v) is 19.3. The highest BCUT2D eigenvalue weighted by molar-refractivity contribution is 5.99. The van der Waals surface area contributed by atoms with Gasteiger partial charge in [0.25, 0.3) is 0 Å². The van der Waals surface area contributed by atoms with Crippen molar-refractivity contribution in [1.29, 1.82) is 10.8 Å². The number of nitrogens with two attached hydrogens (primary N) is 3.